The SMILES string of the molecule is CC[C@H](O)c1ccc(-n2ccc(C(=O)N(C)C)n2)cn1. The fourth-order valence-electron chi connectivity index (χ4n) is 1.75. The largest absolute Gasteiger partial charge is 0.387 e. The Balaban J connectivity index is 2.22. The van der Waals surface area contributed by atoms with Crippen molar-refractivity contribution in [1.29, 1.82) is 0 Å². The minimum atomic E-state index is -0.549. The van der Waals surface area contributed by atoms with Crippen molar-refractivity contribution in [1.82, 2.24) is 19.7 Å². The molecule has 2 aromatic rings. The van der Waals surface area contributed by atoms with Crippen LogP contribution in [-0.4, -0.2) is 44.8 Å². The molecule has 0 fully saturated rings. The van der Waals surface area contributed by atoms with E-state index in [9.17, 15) is 9.90 Å². The summed E-state index contributed by atoms with van der Waals surface area (Å²) in [4.78, 5) is 17.5. The van der Waals surface area contributed by atoms with Crippen LogP contribution in [0.5, 0.6) is 0 Å². The molecule has 0 saturated carbocycles. The Hall–Kier alpha value is -2.21. The Morgan fingerprint density at radius 2 is 2.15 bits per heavy atom. The molecule has 0 aliphatic heterocycles. The molecule has 0 saturated heterocycles. The Morgan fingerprint density at radius 3 is 2.70 bits per heavy atom. The first-order valence-corrected chi connectivity index (χ1v) is 6.44. The summed E-state index contributed by atoms with van der Waals surface area (Å²) >= 11 is 0. The summed E-state index contributed by atoms with van der Waals surface area (Å²) in [5.41, 5.74) is 1.76. The number of rotatable bonds is 4. The number of nitrogens with zero attached hydrogens (tertiary/aromatic N) is 4. The highest BCUT2D eigenvalue weighted by Gasteiger charge is 2.12. The van der Waals surface area contributed by atoms with Crippen LogP contribution in [0.25, 0.3) is 5.69 Å². The third-order valence-corrected chi connectivity index (χ3v) is 2.98. The van der Waals surface area contributed by atoms with Gasteiger partial charge in [-0.2, -0.15) is 5.10 Å². The lowest BCUT2D eigenvalue weighted by Crippen LogP contribution is -2.22. The highest BCUT2D eigenvalue weighted by Crippen LogP contribution is 2.15. The first-order chi connectivity index (χ1) is 9.52. The van der Waals surface area contributed by atoms with Crippen molar-refractivity contribution >= 4 is 5.91 Å². The molecule has 0 spiro atoms. The molecule has 0 unspecified atom stereocenters. The standard InChI is InChI=1S/C14H18N4O2/c1-4-13(19)11-6-5-10(9-15-11)18-8-7-12(16-18)14(20)17(2)3/h5-9,13,19H,4H2,1-3H3/t13-/m0/s1. The summed E-state index contributed by atoms with van der Waals surface area (Å²) in [7, 11) is 3.37. The lowest BCUT2D eigenvalue weighted by atomic mass is 10.2. The first kappa shape index (κ1) is 14.2. The lowest BCUT2D eigenvalue weighted by Gasteiger charge is -2.08. The van der Waals surface area contributed by atoms with Crippen molar-refractivity contribution < 1.29 is 9.90 Å². The van der Waals surface area contributed by atoms with Crippen molar-refractivity contribution in [2.75, 3.05) is 14.1 Å². The van der Waals surface area contributed by atoms with Gasteiger partial charge in [-0.15, -0.1) is 0 Å². The number of aliphatic hydroxyl groups excluding tert-OH is 1. The van der Waals surface area contributed by atoms with E-state index in [1.54, 1.807) is 43.3 Å². The smallest absolute Gasteiger partial charge is 0.273 e. The monoisotopic (exact) mass is 274 g/mol. The van der Waals surface area contributed by atoms with Crippen LogP contribution in [0.2, 0.25) is 0 Å². The summed E-state index contributed by atoms with van der Waals surface area (Å²) in [5, 5.41) is 13.9. The van der Waals surface area contributed by atoms with Gasteiger partial charge in [-0.3, -0.25) is 9.78 Å². The number of hydrogen-bond acceptors (Lipinski definition) is 4. The summed E-state index contributed by atoms with van der Waals surface area (Å²) in [6, 6.07) is 5.24. The molecular weight excluding hydrogens is 256 g/mol. The number of pyridine rings is 1. The second-order valence-corrected chi connectivity index (χ2v) is 4.71. The average molecular weight is 274 g/mol. The summed E-state index contributed by atoms with van der Waals surface area (Å²) in [5.74, 6) is -0.144. The number of carbonyl (C=O) groups is 1. The molecule has 106 valence electrons. The third kappa shape index (κ3) is 2.85. The zero-order valence-electron chi connectivity index (χ0n) is 11.8. The van der Waals surface area contributed by atoms with Gasteiger partial charge >= 0.3 is 0 Å². The molecule has 0 radical (unpaired) electrons. The Bertz CT molecular complexity index is 589. The van der Waals surface area contributed by atoms with Gasteiger partial charge in [0.1, 0.15) is 0 Å². The minimum absolute atomic E-state index is 0.144. The summed E-state index contributed by atoms with van der Waals surface area (Å²) in [6.45, 7) is 1.90. The highest BCUT2D eigenvalue weighted by atomic mass is 16.3. The van der Waals surface area contributed by atoms with Gasteiger partial charge in [0.2, 0.25) is 0 Å². The van der Waals surface area contributed by atoms with Gasteiger partial charge in [-0.25, -0.2) is 4.68 Å². The molecule has 6 heteroatoms. The van der Waals surface area contributed by atoms with E-state index in [0.717, 1.165) is 5.69 Å². The van der Waals surface area contributed by atoms with Crippen LogP contribution in [0.4, 0.5) is 0 Å². The van der Waals surface area contributed by atoms with Crippen molar-refractivity contribution in [2.24, 2.45) is 0 Å². The molecule has 2 aromatic heterocycles. The van der Waals surface area contributed by atoms with Crippen LogP contribution >= 0.6 is 0 Å². The van der Waals surface area contributed by atoms with Gasteiger partial charge in [-0.05, 0) is 24.6 Å². The predicted molar refractivity (Wildman–Crippen MR) is 74.6 cm³/mol. The number of carbonyl (C=O) groups excluding carboxylic acids is 1. The van der Waals surface area contributed by atoms with E-state index < -0.39 is 6.10 Å². The molecule has 2 heterocycles. The van der Waals surface area contributed by atoms with E-state index in [1.807, 2.05) is 13.0 Å². The maximum Gasteiger partial charge on any atom is 0.273 e. The summed E-state index contributed by atoms with van der Waals surface area (Å²) < 4.78 is 1.59. The number of aliphatic hydroxyl groups is 1. The topological polar surface area (TPSA) is 71.2 Å². The van der Waals surface area contributed by atoms with Gasteiger partial charge in [0.25, 0.3) is 5.91 Å². The molecule has 6 nitrogen and oxygen atoms in total. The van der Waals surface area contributed by atoms with E-state index in [0.29, 0.717) is 17.8 Å². The van der Waals surface area contributed by atoms with E-state index in [2.05, 4.69) is 10.1 Å². The molecule has 20 heavy (non-hydrogen) atoms. The molecule has 1 amide bonds. The van der Waals surface area contributed by atoms with Crippen LogP contribution in [0.1, 0.15) is 35.6 Å². The van der Waals surface area contributed by atoms with Crippen molar-refractivity contribution in [2.45, 2.75) is 19.4 Å². The number of amides is 1. The minimum Gasteiger partial charge on any atom is -0.387 e. The van der Waals surface area contributed by atoms with Gasteiger partial charge in [0.15, 0.2) is 5.69 Å². The van der Waals surface area contributed by atoms with Gasteiger partial charge in [-0.1, -0.05) is 6.92 Å². The van der Waals surface area contributed by atoms with E-state index in [4.69, 9.17) is 0 Å². The molecule has 1 atom stereocenters. The molecule has 0 bridgehead atoms. The highest BCUT2D eigenvalue weighted by molar-refractivity contribution is 5.91. The van der Waals surface area contributed by atoms with Gasteiger partial charge < -0.3 is 10.0 Å². The Labute approximate surface area is 117 Å². The molecule has 0 aliphatic rings. The average Bonchev–Trinajstić information content (AvgIpc) is 2.95. The van der Waals surface area contributed by atoms with Crippen LogP contribution in [0.15, 0.2) is 30.6 Å². The Kier molecular flexibility index (Phi) is 4.14. The first-order valence-electron chi connectivity index (χ1n) is 6.44. The second kappa shape index (κ2) is 5.83. The summed E-state index contributed by atoms with van der Waals surface area (Å²) in [6.07, 6.45) is 3.41. The zero-order chi connectivity index (χ0) is 14.7. The quantitative estimate of drug-likeness (QED) is 0.915. The maximum absolute atomic E-state index is 11.8. The number of hydrogen-bond donors (Lipinski definition) is 1. The Morgan fingerprint density at radius 1 is 1.40 bits per heavy atom. The third-order valence-electron chi connectivity index (χ3n) is 2.98. The van der Waals surface area contributed by atoms with Crippen LogP contribution in [-0.2, 0) is 0 Å². The fraction of sp³-hybridized carbons (Fsp3) is 0.357. The number of aromatic nitrogens is 3. The maximum atomic E-state index is 11.8. The lowest BCUT2D eigenvalue weighted by molar-refractivity contribution is 0.0821. The van der Waals surface area contributed by atoms with Gasteiger partial charge in [0, 0.05) is 20.3 Å². The zero-order valence-corrected chi connectivity index (χ0v) is 11.8. The molecule has 1 N–H and O–H groups in total. The molecule has 2 rings (SSSR count). The van der Waals surface area contributed by atoms with Crippen LogP contribution < -0.4 is 0 Å². The molecule has 0 aromatic carbocycles. The molecular formula is C14H18N4O2. The van der Waals surface area contributed by atoms with Gasteiger partial charge in [0.05, 0.1) is 23.7 Å². The van der Waals surface area contributed by atoms with Crippen LogP contribution in [0.3, 0.4) is 0 Å². The molecule has 0 aliphatic carbocycles. The van der Waals surface area contributed by atoms with E-state index >= 15 is 0 Å². The normalized spacial score (nSPS) is 12.2. The van der Waals surface area contributed by atoms with Crippen LogP contribution in [0, 0.1) is 0 Å². The van der Waals surface area contributed by atoms with E-state index in [1.165, 1.54) is 4.90 Å². The van der Waals surface area contributed by atoms with Crippen molar-refractivity contribution in [3.8, 4) is 5.69 Å². The van der Waals surface area contributed by atoms with E-state index in [-0.39, 0.29) is 5.91 Å². The fourth-order valence-corrected chi connectivity index (χ4v) is 1.75. The second-order valence-electron chi connectivity index (χ2n) is 4.71. The predicted octanol–water partition coefficient (Wildman–Crippen LogP) is 1.41. The van der Waals surface area contributed by atoms with Crippen molar-refractivity contribution in [3.63, 3.8) is 0 Å². The van der Waals surface area contributed by atoms with Crippen molar-refractivity contribution in [3.05, 3.63) is 42.0 Å².